The highest BCUT2D eigenvalue weighted by Crippen LogP contribution is 2.49. The van der Waals surface area contributed by atoms with Crippen LogP contribution in [0.1, 0.15) is 32.6 Å². The van der Waals surface area contributed by atoms with Gasteiger partial charge in [-0.2, -0.15) is 0 Å². The van der Waals surface area contributed by atoms with Crippen molar-refractivity contribution >= 4 is 6.09 Å². The van der Waals surface area contributed by atoms with Crippen LogP contribution in [0.15, 0.2) is 12.2 Å². The highest BCUT2D eigenvalue weighted by Gasteiger charge is 2.55. The molecule has 1 aliphatic carbocycles. The number of carbonyl (C=O) groups is 1. The molecule has 0 unspecified atom stereocenters. The zero-order chi connectivity index (χ0) is 10.5. The highest BCUT2D eigenvalue weighted by molar-refractivity contribution is 5.71. The van der Waals surface area contributed by atoms with Crippen molar-refractivity contribution in [1.82, 2.24) is 4.90 Å². The van der Waals surface area contributed by atoms with Crippen LogP contribution in [0.4, 0.5) is 4.79 Å². The molecule has 1 saturated carbocycles. The van der Waals surface area contributed by atoms with Crippen molar-refractivity contribution in [3.63, 3.8) is 0 Å². The minimum Gasteiger partial charge on any atom is -0.446 e. The second-order valence-electron chi connectivity index (χ2n) is 4.98. The predicted molar refractivity (Wildman–Crippen MR) is 56.5 cm³/mol. The van der Waals surface area contributed by atoms with E-state index in [2.05, 4.69) is 12.2 Å². The molecule has 0 N–H and O–H groups in total. The van der Waals surface area contributed by atoms with Crippen LogP contribution in [0.2, 0.25) is 0 Å². The monoisotopic (exact) mass is 207 g/mol. The van der Waals surface area contributed by atoms with E-state index in [4.69, 9.17) is 4.74 Å². The van der Waals surface area contributed by atoms with Gasteiger partial charge in [0.05, 0.1) is 5.54 Å². The minimum atomic E-state index is -0.106. The summed E-state index contributed by atoms with van der Waals surface area (Å²) in [4.78, 5) is 13.8. The first-order chi connectivity index (χ1) is 7.24. The summed E-state index contributed by atoms with van der Waals surface area (Å²) >= 11 is 0. The van der Waals surface area contributed by atoms with Gasteiger partial charge in [-0.1, -0.05) is 18.6 Å². The van der Waals surface area contributed by atoms with E-state index in [1.165, 1.54) is 12.8 Å². The minimum absolute atomic E-state index is 0.0998. The topological polar surface area (TPSA) is 29.5 Å². The van der Waals surface area contributed by atoms with Crippen molar-refractivity contribution in [2.45, 2.75) is 44.2 Å². The Labute approximate surface area is 90.1 Å². The van der Waals surface area contributed by atoms with Crippen LogP contribution in [0.3, 0.4) is 0 Å². The SMILES string of the molecule is C[C@H]1OC(=O)N2CC=CC[C@]23CCC[C@H]13. The molecule has 3 heteroatoms. The Hall–Kier alpha value is -0.990. The summed E-state index contributed by atoms with van der Waals surface area (Å²) < 4.78 is 5.42. The molecule has 3 atom stereocenters. The van der Waals surface area contributed by atoms with Crippen molar-refractivity contribution in [1.29, 1.82) is 0 Å². The molecule has 1 spiro atoms. The zero-order valence-corrected chi connectivity index (χ0v) is 9.11. The highest BCUT2D eigenvalue weighted by atomic mass is 16.6. The van der Waals surface area contributed by atoms with Crippen LogP contribution in [-0.4, -0.2) is 29.2 Å². The molecule has 3 aliphatic rings. The van der Waals surface area contributed by atoms with E-state index in [9.17, 15) is 4.79 Å². The van der Waals surface area contributed by atoms with Crippen LogP contribution in [-0.2, 0) is 4.74 Å². The summed E-state index contributed by atoms with van der Waals surface area (Å²) in [5.41, 5.74) is 0.101. The van der Waals surface area contributed by atoms with Gasteiger partial charge in [0.1, 0.15) is 6.10 Å². The zero-order valence-electron chi connectivity index (χ0n) is 9.11. The lowest BCUT2D eigenvalue weighted by Gasteiger charge is -2.51. The number of hydrogen-bond donors (Lipinski definition) is 0. The van der Waals surface area contributed by atoms with E-state index in [1.807, 2.05) is 11.8 Å². The van der Waals surface area contributed by atoms with Gasteiger partial charge in [0.2, 0.25) is 0 Å². The van der Waals surface area contributed by atoms with Crippen LogP contribution in [0.25, 0.3) is 0 Å². The Morgan fingerprint density at radius 2 is 2.40 bits per heavy atom. The largest absolute Gasteiger partial charge is 0.446 e. The molecule has 82 valence electrons. The molecule has 2 heterocycles. The average molecular weight is 207 g/mol. The molecule has 3 nitrogen and oxygen atoms in total. The molecule has 1 amide bonds. The third-order valence-corrected chi connectivity index (χ3v) is 4.35. The Morgan fingerprint density at radius 3 is 3.27 bits per heavy atom. The van der Waals surface area contributed by atoms with Crippen molar-refractivity contribution in [3.05, 3.63) is 12.2 Å². The van der Waals surface area contributed by atoms with Crippen LogP contribution in [0.5, 0.6) is 0 Å². The Kier molecular flexibility index (Phi) is 1.85. The smallest absolute Gasteiger partial charge is 0.410 e. The summed E-state index contributed by atoms with van der Waals surface area (Å²) in [5, 5.41) is 0. The van der Waals surface area contributed by atoms with Crippen molar-refractivity contribution in [2.75, 3.05) is 6.54 Å². The van der Waals surface area contributed by atoms with E-state index >= 15 is 0 Å². The molecule has 0 radical (unpaired) electrons. The number of amides is 1. The molecule has 2 aliphatic heterocycles. The van der Waals surface area contributed by atoms with Crippen LogP contribution < -0.4 is 0 Å². The van der Waals surface area contributed by atoms with Crippen molar-refractivity contribution < 1.29 is 9.53 Å². The van der Waals surface area contributed by atoms with Crippen LogP contribution >= 0.6 is 0 Å². The molecule has 3 rings (SSSR count). The summed E-state index contributed by atoms with van der Waals surface area (Å²) in [5.74, 6) is 0.542. The number of hydrogen-bond acceptors (Lipinski definition) is 2. The molecule has 2 fully saturated rings. The molecular formula is C12H17NO2. The lowest BCUT2D eigenvalue weighted by atomic mass is 9.77. The number of rotatable bonds is 0. The lowest BCUT2D eigenvalue weighted by molar-refractivity contribution is -0.0690. The number of carbonyl (C=O) groups excluding carboxylic acids is 1. The summed E-state index contributed by atoms with van der Waals surface area (Å²) in [7, 11) is 0. The van der Waals surface area contributed by atoms with Gasteiger partial charge in [-0.25, -0.2) is 4.79 Å². The van der Waals surface area contributed by atoms with E-state index < -0.39 is 0 Å². The molecule has 0 aromatic carbocycles. The summed E-state index contributed by atoms with van der Waals surface area (Å²) in [6.07, 6.45) is 8.93. The van der Waals surface area contributed by atoms with E-state index in [0.29, 0.717) is 5.92 Å². The maximum absolute atomic E-state index is 11.8. The van der Waals surface area contributed by atoms with E-state index in [0.717, 1.165) is 19.4 Å². The first-order valence-corrected chi connectivity index (χ1v) is 5.87. The maximum atomic E-state index is 11.8. The third kappa shape index (κ3) is 1.09. The lowest BCUT2D eigenvalue weighted by Crippen LogP contribution is -2.62. The van der Waals surface area contributed by atoms with Gasteiger partial charge >= 0.3 is 6.09 Å². The standard InChI is InChI=1S/C12H17NO2/c1-9-10-5-4-7-12(10)6-2-3-8-13(12)11(14)15-9/h2-3,9-10H,4-8H2,1H3/t9-,10-,12-/m1/s1. The summed E-state index contributed by atoms with van der Waals surface area (Å²) in [6, 6.07) is 0. The van der Waals surface area contributed by atoms with Gasteiger partial charge < -0.3 is 4.74 Å². The average Bonchev–Trinajstić information content (AvgIpc) is 2.62. The van der Waals surface area contributed by atoms with Crippen molar-refractivity contribution in [3.8, 4) is 0 Å². The first-order valence-electron chi connectivity index (χ1n) is 5.87. The van der Waals surface area contributed by atoms with Gasteiger partial charge in [-0.15, -0.1) is 0 Å². The fourth-order valence-corrected chi connectivity index (χ4v) is 3.66. The van der Waals surface area contributed by atoms with Gasteiger partial charge in [-0.05, 0) is 26.2 Å². The summed E-state index contributed by atoms with van der Waals surface area (Å²) in [6.45, 7) is 2.79. The Bertz CT molecular complexity index is 326. The number of nitrogens with zero attached hydrogens (tertiary/aromatic N) is 1. The van der Waals surface area contributed by atoms with Gasteiger partial charge in [-0.3, -0.25) is 4.90 Å². The van der Waals surface area contributed by atoms with Crippen molar-refractivity contribution in [2.24, 2.45) is 5.92 Å². The molecule has 1 saturated heterocycles. The molecule has 0 aromatic heterocycles. The van der Waals surface area contributed by atoms with Gasteiger partial charge in [0, 0.05) is 12.5 Å². The Balaban J connectivity index is 2.03. The Morgan fingerprint density at radius 1 is 1.53 bits per heavy atom. The maximum Gasteiger partial charge on any atom is 0.410 e. The first kappa shape index (κ1) is 9.25. The fraction of sp³-hybridized carbons (Fsp3) is 0.750. The molecule has 15 heavy (non-hydrogen) atoms. The van der Waals surface area contributed by atoms with E-state index in [1.54, 1.807) is 0 Å². The molecule has 0 aromatic rings. The quantitative estimate of drug-likeness (QED) is 0.570. The second-order valence-corrected chi connectivity index (χ2v) is 4.98. The van der Waals surface area contributed by atoms with Gasteiger partial charge in [0.25, 0.3) is 0 Å². The predicted octanol–water partition coefficient (Wildman–Crippen LogP) is 2.33. The number of cyclic esters (lactones) is 1. The molecule has 0 bridgehead atoms. The number of ether oxygens (including phenoxy) is 1. The normalized spacial score (nSPS) is 43.5. The third-order valence-electron chi connectivity index (χ3n) is 4.35. The second kappa shape index (κ2) is 3.00. The fourth-order valence-electron chi connectivity index (χ4n) is 3.66. The van der Waals surface area contributed by atoms with E-state index in [-0.39, 0.29) is 17.7 Å². The van der Waals surface area contributed by atoms with Crippen LogP contribution in [0, 0.1) is 5.92 Å². The molecular weight excluding hydrogens is 190 g/mol. The van der Waals surface area contributed by atoms with Gasteiger partial charge in [0.15, 0.2) is 0 Å².